The van der Waals surface area contributed by atoms with E-state index in [4.69, 9.17) is 46.4 Å². The van der Waals surface area contributed by atoms with E-state index in [2.05, 4.69) is 17.1 Å². The molecule has 0 fully saturated rings. The van der Waals surface area contributed by atoms with Gasteiger partial charge in [0.2, 0.25) is 11.6 Å². The number of aromatic nitrogens is 1. The summed E-state index contributed by atoms with van der Waals surface area (Å²) in [5, 5.41) is 24.3. The number of H-pyrrole nitrogens is 1. The van der Waals surface area contributed by atoms with Gasteiger partial charge in [-0.15, -0.1) is 0 Å². The number of hydrogen-bond acceptors (Lipinski definition) is 6. The first-order valence-electron chi connectivity index (χ1n) is 12.0. The van der Waals surface area contributed by atoms with Crippen LogP contribution in [0.25, 0.3) is 22.2 Å². The van der Waals surface area contributed by atoms with Gasteiger partial charge in [0.05, 0.1) is 26.1 Å². The fourth-order valence-electron chi connectivity index (χ4n) is 4.81. The zero-order valence-electron chi connectivity index (χ0n) is 23.0. The van der Waals surface area contributed by atoms with Gasteiger partial charge in [0.25, 0.3) is 11.4 Å². The van der Waals surface area contributed by atoms with Crippen molar-refractivity contribution >= 4 is 80.2 Å². The molecule has 6 rings (SSSR count). The Labute approximate surface area is 307 Å². The zero-order chi connectivity index (χ0) is 30.3. The van der Waals surface area contributed by atoms with Crippen LogP contribution in [0.1, 0.15) is 33.3 Å². The van der Waals surface area contributed by atoms with Crippen LogP contribution in [0, 0.1) is 20.2 Å². The molecule has 1 aliphatic rings. The average molecular weight is 683 g/mol. The van der Waals surface area contributed by atoms with Gasteiger partial charge in [0.15, 0.2) is 0 Å². The van der Waals surface area contributed by atoms with Crippen molar-refractivity contribution < 1.29 is 72.2 Å². The maximum Gasteiger partial charge on any atom is 1.00 e. The number of rotatable bonds is 5. The predicted octanol–water partition coefficient (Wildman–Crippen LogP) is 6.04. The number of nitro groups is 2. The van der Waals surface area contributed by atoms with Crippen LogP contribution in [-0.4, -0.2) is 26.4 Å². The normalized spacial score (nSPS) is 11.1. The molecule has 1 heterocycles. The molecule has 9 nitrogen and oxygen atoms in total. The molecule has 14 heteroatoms. The van der Waals surface area contributed by atoms with Crippen LogP contribution in [0.3, 0.4) is 0 Å². The van der Waals surface area contributed by atoms with Gasteiger partial charge in [-0.25, -0.2) is 0 Å². The summed E-state index contributed by atoms with van der Waals surface area (Å²) >= 11 is 23.9. The molecule has 43 heavy (non-hydrogen) atoms. The fourth-order valence-corrected chi connectivity index (χ4v) is 5.76. The van der Waals surface area contributed by atoms with Gasteiger partial charge in [0, 0.05) is 22.4 Å². The molecule has 0 aliphatic heterocycles. The van der Waals surface area contributed by atoms with Crippen LogP contribution in [0.4, 0.5) is 11.4 Å². The summed E-state index contributed by atoms with van der Waals surface area (Å²) in [4.78, 5) is 48.4. The third-order valence-electron chi connectivity index (χ3n) is 6.67. The van der Waals surface area contributed by atoms with E-state index in [1.54, 1.807) is 0 Å². The van der Waals surface area contributed by atoms with Crippen LogP contribution >= 0.6 is 46.4 Å². The molecular weight excluding hydrogens is 667 g/mol. The Hall–Kier alpha value is -2.64. The van der Waals surface area contributed by atoms with E-state index in [9.17, 15) is 29.8 Å². The van der Waals surface area contributed by atoms with Crippen molar-refractivity contribution in [3.8, 4) is 11.3 Å². The van der Waals surface area contributed by atoms with Crippen LogP contribution in [0.5, 0.6) is 0 Å². The Morgan fingerprint density at radius 3 is 1.67 bits per heavy atom. The van der Waals surface area contributed by atoms with Gasteiger partial charge in [0.1, 0.15) is 21.2 Å². The molecule has 212 valence electrons. The third kappa shape index (κ3) is 6.30. The largest absolute Gasteiger partial charge is 1.00 e. The minimum Gasteiger partial charge on any atom is -1.00 e. The molecule has 0 saturated heterocycles. The topological polar surface area (TPSA) is 136 Å². The Kier molecular flexibility index (Phi) is 10.5. The van der Waals surface area contributed by atoms with Crippen molar-refractivity contribution in [3.05, 3.63) is 135 Å². The number of para-hydroxylation sites is 3. The van der Waals surface area contributed by atoms with E-state index in [-0.39, 0.29) is 62.9 Å². The first-order valence-corrected chi connectivity index (χ1v) is 13.5. The van der Waals surface area contributed by atoms with Crippen LogP contribution < -0.4 is 51.4 Å². The maximum absolute atomic E-state index is 12.3. The summed E-state index contributed by atoms with van der Waals surface area (Å²) in [5.41, 5.74) is 3.27. The van der Waals surface area contributed by atoms with E-state index < -0.39 is 43.9 Å². The average Bonchev–Trinajstić information content (AvgIpc) is 3.50. The smallest absolute Gasteiger partial charge is 1.00 e. The summed E-state index contributed by atoms with van der Waals surface area (Å²) < 4.78 is 0. The molecule has 0 atom stereocenters. The van der Waals surface area contributed by atoms with E-state index in [1.807, 2.05) is 24.3 Å². The Balaban J connectivity index is 0.000000237. The van der Waals surface area contributed by atoms with E-state index in [0.717, 1.165) is 39.8 Å². The van der Waals surface area contributed by atoms with Crippen molar-refractivity contribution in [2.75, 3.05) is 0 Å². The van der Waals surface area contributed by atoms with Crippen LogP contribution in [0.2, 0.25) is 20.1 Å². The van der Waals surface area contributed by atoms with Crippen molar-refractivity contribution in [1.82, 2.24) is 4.98 Å². The summed E-state index contributed by atoms with van der Waals surface area (Å²) in [7, 11) is 0. The molecule has 1 N–H and O–H groups in total. The molecular formula is C29H16Cl4KN3O6. The quantitative estimate of drug-likeness (QED) is 0.0775. The van der Waals surface area contributed by atoms with E-state index >= 15 is 0 Å². The molecule has 5 aromatic rings. The minimum atomic E-state index is -1.30. The van der Waals surface area contributed by atoms with Gasteiger partial charge in [-0.1, -0.05) is 82.8 Å². The summed E-state index contributed by atoms with van der Waals surface area (Å²) in [6, 6.07) is 19.0. The molecule has 0 unspecified atom stereocenters. The summed E-state index contributed by atoms with van der Waals surface area (Å²) in [6.07, 6.45) is 0.880. The third-order valence-corrected chi connectivity index (χ3v) is 7.95. The van der Waals surface area contributed by atoms with Gasteiger partial charge in [-0.2, -0.15) is 0 Å². The summed E-state index contributed by atoms with van der Waals surface area (Å²) in [6.45, 7) is 0. The monoisotopic (exact) mass is 681 g/mol. The van der Waals surface area contributed by atoms with Crippen LogP contribution in [0.15, 0.2) is 72.8 Å². The van der Waals surface area contributed by atoms with E-state index in [1.165, 1.54) is 46.3 Å². The maximum atomic E-state index is 12.3. The second-order valence-electron chi connectivity index (χ2n) is 9.03. The Morgan fingerprint density at radius 2 is 1.14 bits per heavy atom. The second kappa shape index (κ2) is 13.6. The molecule has 0 bridgehead atoms. The SMILES string of the molecule is Clc1cccc2c1Cc1c-2[nH]c2c(Cl)cccc12.O=C(C(=O)c1cccc(Cl)c1[N+](=O)[O-])c1cccc(Cl)c1[N+](=O)[O-].[H-].[K+]. The van der Waals surface area contributed by atoms with Gasteiger partial charge >= 0.3 is 51.4 Å². The number of carbonyl (C=O) groups excluding carboxylic acids is 2. The number of nitrogens with zero attached hydrogens (tertiary/aromatic N) is 2. The molecule has 4 aromatic carbocycles. The van der Waals surface area contributed by atoms with Gasteiger partial charge in [-0.3, -0.25) is 29.8 Å². The predicted molar refractivity (Wildman–Crippen MR) is 163 cm³/mol. The standard InChI is InChI=1S/C15H9Cl2N.C14H6Cl2N2O6.K.H/c16-12-5-1-3-8-10(12)7-11-9-4-2-6-13(17)15(9)18-14(8)11;15-9-5-1-3-7(11(9)17(21)22)13(19)14(20)8-4-2-6-10(16)12(8)18(23)24;;/h1-6,18H,7H2;1-6H;;/q;;+1;-1. The number of nitrogens with one attached hydrogen (secondary N) is 1. The van der Waals surface area contributed by atoms with Crippen LogP contribution in [-0.2, 0) is 6.42 Å². The first-order chi connectivity index (χ1) is 20.0. The number of nitro benzene ring substituents is 2. The van der Waals surface area contributed by atoms with Crippen molar-refractivity contribution in [2.24, 2.45) is 0 Å². The first kappa shape index (κ1) is 33.3. The Morgan fingerprint density at radius 1 is 0.674 bits per heavy atom. The number of ketones is 2. The van der Waals surface area contributed by atoms with Crippen molar-refractivity contribution in [1.29, 1.82) is 0 Å². The number of carbonyl (C=O) groups is 2. The number of hydrogen-bond donors (Lipinski definition) is 1. The zero-order valence-corrected chi connectivity index (χ0v) is 28.1. The number of Topliss-reactive ketones (excluding diaryl/α,β-unsaturated/α-hetero) is 2. The number of fused-ring (bicyclic) bond motifs is 5. The number of aromatic amines is 1. The summed E-state index contributed by atoms with van der Waals surface area (Å²) in [5.74, 6) is -2.59. The van der Waals surface area contributed by atoms with Crippen molar-refractivity contribution in [3.63, 3.8) is 0 Å². The molecule has 0 radical (unpaired) electrons. The molecule has 0 amide bonds. The molecule has 0 spiro atoms. The van der Waals surface area contributed by atoms with Crippen molar-refractivity contribution in [2.45, 2.75) is 6.42 Å². The van der Waals surface area contributed by atoms with Gasteiger partial charge in [-0.05, 0) is 47.5 Å². The molecule has 1 aliphatic carbocycles. The van der Waals surface area contributed by atoms with Gasteiger partial charge < -0.3 is 6.41 Å². The minimum absolute atomic E-state index is 0. The Bertz CT molecular complexity index is 1910. The second-order valence-corrected chi connectivity index (χ2v) is 10.7. The molecule has 0 saturated carbocycles. The molecule has 1 aromatic heterocycles. The number of benzene rings is 4. The van der Waals surface area contributed by atoms with E-state index in [0.29, 0.717) is 0 Å². The fraction of sp³-hybridized carbons (Fsp3) is 0.0345. The number of halogens is 4.